The zero-order chi connectivity index (χ0) is 21.8. The molecule has 0 aliphatic carbocycles. The second-order valence-corrected chi connectivity index (χ2v) is 6.83. The molecule has 0 radical (unpaired) electrons. The van der Waals surface area contributed by atoms with Gasteiger partial charge in [-0.1, -0.05) is 42.5 Å². The highest BCUT2D eigenvalue weighted by Crippen LogP contribution is 2.27. The van der Waals surface area contributed by atoms with E-state index < -0.39 is 5.97 Å². The average Bonchev–Trinajstić information content (AvgIpc) is 2.78. The number of carbonyl (C=O) groups excluding carboxylic acids is 1. The molecule has 0 aliphatic heterocycles. The molecule has 7 heteroatoms. The van der Waals surface area contributed by atoms with E-state index in [1.807, 2.05) is 36.4 Å². The lowest BCUT2D eigenvalue weighted by atomic mass is 10.0. The van der Waals surface area contributed by atoms with E-state index in [-0.39, 0.29) is 18.8 Å². The summed E-state index contributed by atoms with van der Waals surface area (Å²) in [5, 5.41) is 6.77. The van der Waals surface area contributed by atoms with Crippen LogP contribution in [0.1, 0.15) is 18.3 Å². The Balaban J connectivity index is 1.79. The van der Waals surface area contributed by atoms with Crippen molar-refractivity contribution in [2.75, 3.05) is 13.2 Å². The number of carbonyl (C=O) groups is 1. The largest absolute Gasteiger partial charge is 0.481 e. The van der Waals surface area contributed by atoms with E-state index in [4.69, 9.17) is 9.47 Å². The van der Waals surface area contributed by atoms with Gasteiger partial charge >= 0.3 is 5.97 Å². The maximum Gasteiger partial charge on any atom is 0.344 e. The molecule has 0 atom stereocenters. The second kappa shape index (κ2) is 8.79. The Kier molecular flexibility index (Phi) is 5.75. The molecule has 3 aromatic carbocycles. The summed E-state index contributed by atoms with van der Waals surface area (Å²) in [4.78, 5) is 29.1. The Labute approximate surface area is 178 Å². The van der Waals surface area contributed by atoms with Gasteiger partial charge < -0.3 is 9.47 Å². The van der Waals surface area contributed by atoms with Gasteiger partial charge in [0.1, 0.15) is 11.6 Å². The van der Waals surface area contributed by atoms with Gasteiger partial charge in [-0.15, -0.1) is 0 Å². The van der Waals surface area contributed by atoms with E-state index >= 15 is 0 Å². The maximum absolute atomic E-state index is 12.9. The number of benzene rings is 3. The van der Waals surface area contributed by atoms with Crippen molar-refractivity contribution in [3.8, 4) is 5.75 Å². The first-order chi connectivity index (χ1) is 15.1. The minimum absolute atomic E-state index is 0.219. The number of para-hydroxylation sites is 1. The fourth-order valence-electron chi connectivity index (χ4n) is 3.36. The van der Waals surface area contributed by atoms with Crippen LogP contribution in [0.5, 0.6) is 5.75 Å². The SMILES string of the molecule is CCOC(=O)COc1ccc2ccccc2c1/C=N/n1c(C)nc2ccccc2c1=O. The lowest BCUT2D eigenvalue weighted by Gasteiger charge is -2.12. The van der Waals surface area contributed by atoms with Crippen molar-refractivity contribution in [1.82, 2.24) is 9.66 Å². The summed E-state index contributed by atoms with van der Waals surface area (Å²) in [5.41, 5.74) is 1.02. The van der Waals surface area contributed by atoms with Crippen LogP contribution in [0.3, 0.4) is 0 Å². The lowest BCUT2D eigenvalue weighted by Crippen LogP contribution is -2.20. The summed E-state index contributed by atoms with van der Waals surface area (Å²) in [6.45, 7) is 3.53. The van der Waals surface area contributed by atoms with E-state index in [1.54, 1.807) is 44.3 Å². The first-order valence-electron chi connectivity index (χ1n) is 9.91. The summed E-state index contributed by atoms with van der Waals surface area (Å²) in [5.74, 6) is 0.480. The molecule has 156 valence electrons. The predicted molar refractivity (Wildman–Crippen MR) is 120 cm³/mol. The molecule has 0 aliphatic rings. The maximum atomic E-state index is 12.9. The molecule has 1 aromatic heterocycles. The van der Waals surface area contributed by atoms with E-state index in [9.17, 15) is 9.59 Å². The van der Waals surface area contributed by atoms with Gasteiger partial charge in [-0.3, -0.25) is 4.79 Å². The molecule has 0 N–H and O–H groups in total. The van der Waals surface area contributed by atoms with Crippen LogP contribution >= 0.6 is 0 Å². The van der Waals surface area contributed by atoms with Crippen LogP contribution in [-0.4, -0.2) is 35.1 Å². The van der Waals surface area contributed by atoms with Crippen LogP contribution in [0.2, 0.25) is 0 Å². The zero-order valence-corrected chi connectivity index (χ0v) is 17.2. The van der Waals surface area contributed by atoms with Crippen LogP contribution in [0.15, 0.2) is 70.6 Å². The standard InChI is InChI=1S/C24H21N3O4/c1-3-30-23(28)15-31-22-13-12-17-8-4-5-9-18(17)20(22)14-25-27-16(2)26-21-11-7-6-10-19(21)24(27)29/h4-14H,3,15H2,1-2H3/b25-14+. The van der Waals surface area contributed by atoms with Crippen molar-refractivity contribution < 1.29 is 14.3 Å². The molecule has 7 nitrogen and oxygen atoms in total. The Morgan fingerprint density at radius 2 is 1.81 bits per heavy atom. The van der Waals surface area contributed by atoms with Crippen molar-refractivity contribution >= 4 is 33.9 Å². The smallest absolute Gasteiger partial charge is 0.344 e. The first kappa shape index (κ1) is 20.3. The summed E-state index contributed by atoms with van der Waals surface area (Å²) in [6.07, 6.45) is 1.56. The third kappa shape index (κ3) is 4.16. The highest BCUT2D eigenvalue weighted by molar-refractivity contribution is 6.02. The molecule has 0 amide bonds. The van der Waals surface area contributed by atoms with Crippen LogP contribution in [0.4, 0.5) is 0 Å². The van der Waals surface area contributed by atoms with Gasteiger partial charge in [0.05, 0.1) is 23.7 Å². The zero-order valence-electron chi connectivity index (χ0n) is 17.2. The second-order valence-electron chi connectivity index (χ2n) is 6.83. The van der Waals surface area contributed by atoms with Gasteiger partial charge in [0.2, 0.25) is 0 Å². The minimum atomic E-state index is -0.454. The van der Waals surface area contributed by atoms with Crippen molar-refractivity contribution in [3.63, 3.8) is 0 Å². The highest BCUT2D eigenvalue weighted by atomic mass is 16.6. The molecular formula is C24H21N3O4. The molecule has 1 heterocycles. The number of rotatable bonds is 6. The van der Waals surface area contributed by atoms with Crippen molar-refractivity contribution in [2.24, 2.45) is 5.10 Å². The lowest BCUT2D eigenvalue weighted by molar-refractivity contribution is -0.145. The molecular weight excluding hydrogens is 394 g/mol. The van der Waals surface area contributed by atoms with E-state index in [0.29, 0.717) is 28.0 Å². The summed E-state index contributed by atoms with van der Waals surface area (Å²) < 4.78 is 11.9. The molecule has 0 unspecified atom stereocenters. The van der Waals surface area contributed by atoms with Crippen LogP contribution in [0, 0.1) is 6.92 Å². The van der Waals surface area contributed by atoms with Gasteiger partial charge in [0.25, 0.3) is 5.56 Å². The quantitative estimate of drug-likeness (QED) is 0.354. The Bertz CT molecular complexity index is 1360. The van der Waals surface area contributed by atoms with Gasteiger partial charge in [-0.2, -0.15) is 9.78 Å². The van der Waals surface area contributed by atoms with Crippen molar-refractivity contribution in [1.29, 1.82) is 0 Å². The first-order valence-corrected chi connectivity index (χ1v) is 9.91. The van der Waals surface area contributed by atoms with Crippen LogP contribution in [0.25, 0.3) is 21.7 Å². The summed E-state index contributed by atoms with van der Waals surface area (Å²) in [6, 6.07) is 18.6. The number of aromatic nitrogens is 2. The molecule has 0 saturated heterocycles. The van der Waals surface area contributed by atoms with Crippen LogP contribution < -0.4 is 10.3 Å². The number of esters is 1. The third-order valence-corrected chi connectivity index (χ3v) is 4.80. The van der Waals surface area contributed by atoms with Crippen LogP contribution in [-0.2, 0) is 9.53 Å². The Morgan fingerprint density at radius 3 is 2.61 bits per heavy atom. The molecule has 31 heavy (non-hydrogen) atoms. The summed E-state index contributed by atoms with van der Waals surface area (Å²) >= 11 is 0. The average molecular weight is 415 g/mol. The molecule has 0 bridgehead atoms. The molecule has 4 aromatic rings. The number of hydrogen-bond acceptors (Lipinski definition) is 6. The number of nitrogens with zero attached hydrogens (tertiary/aromatic N) is 3. The van der Waals surface area contributed by atoms with E-state index in [0.717, 1.165) is 10.8 Å². The Hall–Kier alpha value is -4.00. The molecule has 0 saturated carbocycles. The third-order valence-electron chi connectivity index (χ3n) is 4.80. The van der Waals surface area contributed by atoms with E-state index in [1.165, 1.54) is 4.68 Å². The number of aryl methyl sites for hydroxylation is 1. The topological polar surface area (TPSA) is 82.8 Å². The number of hydrogen-bond donors (Lipinski definition) is 0. The normalized spacial score (nSPS) is 11.3. The fourth-order valence-corrected chi connectivity index (χ4v) is 3.36. The van der Waals surface area contributed by atoms with Gasteiger partial charge in [-0.05, 0) is 42.8 Å². The number of ether oxygens (including phenoxy) is 2. The van der Waals surface area contributed by atoms with E-state index in [2.05, 4.69) is 10.1 Å². The fraction of sp³-hybridized carbons (Fsp3) is 0.167. The highest BCUT2D eigenvalue weighted by Gasteiger charge is 2.11. The Morgan fingerprint density at radius 1 is 1.06 bits per heavy atom. The molecule has 0 spiro atoms. The summed E-state index contributed by atoms with van der Waals surface area (Å²) in [7, 11) is 0. The molecule has 0 fully saturated rings. The van der Waals surface area contributed by atoms with Crippen molar-refractivity contribution in [2.45, 2.75) is 13.8 Å². The van der Waals surface area contributed by atoms with Crippen molar-refractivity contribution in [3.05, 3.63) is 82.4 Å². The number of fused-ring (bicyclic) bond motifs is 2. The minimum Gasteiger partial charge on any atom is -0.481 e. The van der Waals surface area contributed by atoms with Gasteiger partial charge in [-0.25, -0.2) is 9.78 Å². The van der Waals surface area contributed by atoms with Gasteiger partial charge in [0, 0.05) is 5.56 Å². The molecule has 4 rings (SSSR count). The van der Waals surface area contributed by atoms with Gasteiger partial charge in [0.15, 0.2) is 6.61 Å². The monoisotopic (exact) mass is 415 g/mol. The predicted octanol–water partition coefficient (Wildman–Crippen LogP) is 3.68.